The zero-order valence-corrected chi connectivity index (χ0v) is 16.8. The summed E-state index contributed by atoms with van der Waals surface area (Å²) in [6.45, 7) is 4.64. The zero-order valence-electron chi connectivity index (χ0n) is 16.0. The molecule has 2 N–H and O–H groups in total. The molecular formula is C18H22N4O5S. The van der Waals surface area contributed by atoms with Crippen molar-refractivity contribution in [1.29, 1.82) is 0 Å². The van der Waals surface area contributed by atoms with E-state index in [1.807, 2.05) is 0 Å². The third-order valence-corrected chi connectivity index (χ3v) is 5.77. The minimum absolute atomic E-state index is 0.275. The van der Waals surface area contributed by atoms with Crippen molar-refractivity contribution in [3.05, 3.63) is 26.6 Å². The molecule has 10 heteroatoms. The predicted octanol–water partition coefficient (Wildman–Crippen LogP) is 0.917. The Morgan fingerprint density at radius 3 is 2.75 bits per heavy atom. The van der Waals surface area contributed by atoms with Gasteiger partial charge in [-0.15, -0.1) is 11.3 Å². The van der Waals surface area contributed by atoms with Gasteiger partial charge in [-0.3, -0.25) is 34.6 Å². The molecule has 9 nitrogen and oxygen atoms in total. The van der Waals surface area contributed by atoms with Crippen LogP contribution in [0.15, 0.2) is 4.79 Å². The smallest absolute Gasteiger partial charge is 0.313 e. The minimum atomic E-state index is -0.549. The molecule has 1 atom stereocenters. The van der Waals surface area contributed by atoms with Crippen LogP contribution in [0.3, 0.4) is 0 Å². The average molecular weight is 406 g/mol. The monoisotopic (exact) mass is 406 g/mol. The van der Waals surface area contributed by atoms with Crippen LogP contribution < -0.4 is 16.4 Å². The number of esters is 1. The van der Waals surface area contributed by atoms with Gasteiger partial charge in [-0.05, 0) is 38.7 Å². The number of aromatic nitrogens is 2. The fourth-order valence-electron chi connectivity index (χ4n) is 3.42. The third-order valence-electron chi connectivity index (χ3n) is 4.61. The van der Waals surface area contributed by atoms with Crippen LogP contribution in [0.1, 0.15) is 48.9 Å². The average Bonchev–Trinajstić information content (AvgIpc) is 3.01. The molecule has 3 rings (SSSR count). The molecule has 0 spiro atoms. The standard InChI is InChI=1S/C18H22N4O5S/c1-4-27-18(26)11-6-5-7-12-14(11)15-16(28-12)19-9(2)22(17(15)25)8-13(24)21-20-10(3)23/h11H,4-8H2,1-3H3,(H,20,23)(H,21,24). The molecule has 2 aromatic heterocycles. The molecule has 28 heavy (non-hydrogen) atoms. The molecule has 0 fully saturated rings. The number of fused-ring (bicyclic) bond motifs is 3. The summed E-state index contributed by atoms with van der Waals surface area (Å²) < 4.78 is 6.45. The van der Waals surface area contributed by atoms with Crippen LogP contribution in [0.4, 0.5) is 0 Å². The Bertz CT molecular complexity index is 1010. The van der Waals surface area contributed by atoms with Crippen LogP contribution in [0.25, 0.3) is 10.2 Å². The van der Waals surface area contributed by atoms with Crippen LogP contribution in [0.2, 0.25) is 0 Å². The number of amides is 2. The number of hydrogen-bond acceptors (Lipinski definition) is 7. The quantitative estimate of drug-likeness (QED) is 0.576. The van der Waals surface area contributed by atoms with Crippen LogP contribution in [0.5, 0.6) is 0 Å². The van der Waals surface area contributed by atoms with E-state index in [9.17, 15) is 19.2 Å². The molecule has 0 saturated carbocycles. The first kappa shape index (κ1) is 20.0. The van der Waals surface area contributed by atoms with Gasteiger partial charge in [0.05, 0.1) is 17.9 Å². The third kappa shape index (κ3) is 3.77. The van der Waals surface area contributed by atoms with Gasteiger partial charge in [-0.25, -0.2) is 4.98 Å². The van der Waals surface area contributed by atoms with E-state index in [-0.39, 0.29) is 24.7 Å². The summed E-state index contributed by atoms with van der Waals surface area (Å²) in [6.07, 6.45) is 2.25. The first-order valence-corrected chi connectivity index (χ1v) is 9.89. The highest BCUT2D eigenvalue weighted by Crippen LogP contribution is 2.41. The van der Waals surface area contributed by atoms with Crippen molar-refractivity contribution in [1.82, 2.24) is 20.4 Å². The lowest BCUT2D eigenvalue weighted by atomic mass is 9.86. The van der Waals surface area contributed by atoms with E-state index >= 15 is 0 Å². The highest BCUT2D eigenvalue weighted by molar-refractivity contribution is 7.18. The van der Waals surface area contributed by atoms with E-state index in [0.717, 1.165) is 17.7 Å². The summed E-state index contributed by atoms with van der Waals surface area (Å²) >= 11 is 1.42. The van der Waals surface area contributed by atoms with Crippen LogP contribution in [-0.4, -0.2) is 33.9 Å². The van der Waals surface area contributed by atoms with Crippen molar-refractivity contribution < 1.29 is 19.1 Å². The van der Waals surface area contributed by atoms with Crippen molar-refractivity contribution in [3.8, 4) is 0 Å². The SMILES string of the molecule is CCOC(=O)C1CCCc2sc3nc(C)n(CC(=O)NNC(C)=O)c(=O)c3c21. The first-order chi connectivity index (χ1) is 13.3. The molecule has 2 aromatic rings. The second-order valence-electron chi connectivity index (χ2n) is 6.60. The van der Waals surface area contributed by atoms with E-state index in [1.165, 1.54) is 22.8 Å². The number of carbonyl (C=O) groups excluding carboxylic acids is 3. The maximum Gasteiger partial charge on any atom is 0.313 e. The largest absolute Gasteiger partial charge is 0.466 e. The van der Waals surface area contributed by atoms with Gasteiger partial charge in [-0.2, -0.15) is 0 Å². The molecule has 1 unspecified atom stereocenters. The van der Waals surface area contributed by atoms with Crippen molar-refractivity contribution in [2.45, 2.75) is 52.5 Å². The van der Waals surface area contributed by atoms with Gasteiger partial charge in [0.25, 0.3) is 11.5 Å². The van der Waals surface area contributed by atoms with E-state index in [4.69, 9.17) is 4.74 Å². The molecule has 1 aliphatic carbocycles. The molecule has 1 aliphatic rings. The lowest BCUT2D eigenvalue weighted by Crippen LogP contribution is -2.43. The molecule has 0 bridgehead atoms. The first-order valence-electron chi connectivity index (χ1n) is 9.08. The fraction of sp³-hybridized carbons (Fsp3) is 0.500. The Morgan fingerprint density at radius 2 is 2.07 bits per heavy atom. The van der Waals surface area contributed by atoms with Crippen molar-refractivity contribution in [3.63, 3.8) is 0 Å². The molecular weight excluding hydrogens is 384 g/mol. The Labute approximate surface area is 165 Å². The lowest BCUT2D eigenvalue weighted by Gasteiger charge is -2.21. The number of carbonyl (C=O) groups is 3. The number of nitrogens with one attached hydrogen (secondary N) is 2. The second-order valence-corrected chi connectivity index (χ2v) is 7.68. The Kier molecular flexibility index (Phi) is 5.78. The van der Waals surface area contributed by atoms with E-state index in [0.29, 0.717) is 28.0 Å². The van der Waals surface area contributed by atoms with Crippen LogP contribution in [-0.2, 0) is 32.1 Å². The molecule has 0 aromatic carbocycles. The summed E-state index contributed by atoms with van der Waals surface area (Å²) in [6, 6.07) is 0. The van der Waals surface area contributed by atoms with Gasteiger partial charge in [0.1, 0.15) is 17.2 Å². The van der Waals surface area contributed by atoms with Crippen LogP contribution >= 0.6 is 11.3 Å². The van der Waals surface area contributed by atoms with Gasteiger partial charge < -0.3 is 4.74 Å². The Balaban J connectivity index is 2.06. The molecule has 2 amide bonds. The maximum atomic E-state index is 13.2. The second kappa shape index (κ2) is 8.09. The maximum absolute atomic E-state index is 13.2. The van der Waals surface area contributed by atoms with Gasteiger partial charge in [0, 0.05) is 11.8 Å². The summed E-state index contributed by atoms with van der Waals surface area (Å²) in [4.78, 5) is 54.7. The van der Waals surface area contributed by atoms with Crippen molar-refractivity contribution in [2.75, 3.05) is 6.61 Å². The van der Waals surface area contributed by atoms with Gasteiger partial charge in [-0.1, -0.05) is 0 Å². The highest BCUT2D eigenvalue weighted by atomic mass is 32.1. The molecule has 0 radical (unpaired) electrons. The summed E-state index contributed by atoms with van der Waals surface area (Å²) in [5.41, 5.74) is 4.75. The number of hydrazine groups is 1. The number of aryl methyl sites for hydroxylation is 2. The van der Waals surface area contributed by atoms with Crippen molar-refractivity contribution in [2.24, 2.45) is 0 Å². The molecule has 0 saturated heterocycles. The lowest BCUT2D eigenvalue weighted by molar-refractivity contribution is -0.145. The number of thiophene rings is 1. The zero-order chi connectivity index (χ0) is 20.4. The minimum Gasteiger partial charge on any atom is -0.466 e. The topological polar surface area (TPSA) is 119 Å². The molecule has 0 aliphatic heterocycles. The number of ether oxygens (including phenoxy) is 1. The van der Waals surface area contributed by atoms with Crippen molar-refractivity contribution >= 4 is 39.3 Å². The molecule has 2 heterocycles. The van der Waals surface area contributed by atoms with Gasteiger partial charge >= 0.3 is 5.97 Å². The highest BCUT2D eigenvalue weighted by Gasteiger charge is 2.33. The number of rotatable bonds is 4. The predicted molar refractivity (Wildman–Crippen MR) is 103 cm³/mol. The summed E-state index contributed by atoms with van der Waals surface area (Å²) in [5, 5.41) is 0.385. The number of hydrogen-bond donors (Lipinski definition) is 2. The van der Waals surface area contributed by atoms with E-state index < -0.39 is 17.7 Å². The summed E-state index contributed by atoms with van der Waals surface area (Å²) in [7, 11) is 0. The number of nitrogens with zero attached hydrogens (tertiary/aromatic N) is 2. The Hall–Kier alpha value is -2.75. The molecule has 150 valence electrons. The normalized spacial score (nSPS) is 15.8. The van der Waals surface area contributed by atoms with Gasteiger partial charge in [0.2, 0.25) is 5.91 Å². The van der Waals surface area contributed by atoms with Crippen LogP contribution in [0, 0.1) is 6.92 Å². The fourth-order valence-corrected chi connectivity index (χ4v) is 4.73. The summed E-state index contributed by atoms with van der Waals surface area (Å²) in [5.74, 6) is -1.40. The Morgan fingerprint density at radius 1 is 1.32 bits per heavy atom. The van der Waals surface area contributed by atoms with E-state index in [1.54, 1.807) is 13.8 Å². The van der Waals surface area contributed by atoms with Gasteiger partial charge in [0.15, 0.2) is 0 Å². The van der Waals surface area contributed by atoms with E-state index in [2.05, 4.69) is 15.8 Å².